The predicted octanol–water partition coefficient (Wildman–Crippen LogP) is 2.63. The number of hydrogen-bond acceptors (Lipinski definition) is 3. The van der Waals surface area contributed by atoms with Gasteiger partial charge in [-0.3, -0.25) is 0 Å². The normalized spacial score (nSPS) is 33.0. The van der Waals surface area contributed by atoms with Crippen molar-refractivity contribution in [3.05, 3.63) is 0 Å². The number of carbonyl (C=O) groups excluding carboxylic acids is 1. The van der Waals surface area contributed by atoms with E-state index in [4.69, 9.17) is 0 Å². The number of hydrogen-bond donors (Lipinski definition) is 3. The summed E-state index contributed by atoms with van der Waals surface area (Å²) in [6.45, 7) is 0.153. The highest BCUT2D eigenvalue weighted by molar-refractivity contribution is 5.74. The summed E-state index contributed by atoms with van der Waals surface area (Å²) in [4.78, 5) is 15.0. The van der Waals surface area contributed by atoms with Crippen LogP contribution in [-0.2, 0) is 0 Å². The molecule has 3 atom stereocenters. The van der Waals surface area contributed by atoms with Gasteiger partial charge in [0.05, 0.1) is 0 Å². The van der Waals surface area contributed by atoms with Gasteiger partial charge in [-0.05, 0) is 57.9 Å². The van der Waals surface area contributed by atoms with Crippen molar-refractivity contribution in [1.82, 2.24) is 15.5 Å². The number of aliphatic hydroxyl groups is 1. The highest BCUT2D eigenvalue weighted by Gasteiger charge is 2.36. The number of aliphatic hydroxyl groups excluding tert-OH is 1. The molecule has 2 saturated heterocycles. The number of fused-ring (bicyclic) bond motifs is 2. The van der Waals surface area contributed by atoms with E-state index in [0.29, 0.717) is 30.5 Å². The lowest BCUT2D eigenvalue weighted by atomic mass is 9.82. The van der Waals surface area contributed by atoms with E-state index in [1.165, 1.54) is 51.4 Å². The van der Waals surface area contributed by atoms with Gasteiger partial charge < -0.3 is 20.6 Å². The van der Waals surface area contributed by atoms with Gasteiger partial charge in [0.25, 0.3) is 0 Å². The summed E-state index contributed by atoms with van der Waals surface area (Å²) in [7, 11) is 2.24. The minimum absolute atomic E-state index is 0.0216. The molecule has 0 spiro atoms. The number of urea groups is 1. The van der Waals surface area contributed by atoms with Crippen LogP contribution >= 0.6 is 0 Å². The molecule has 3 unspecified atom stereocenters. The average molecular weight is 338 g/mol. The largest absolute Gasteiger partial charge is 0.396 e. The van der Waals surface area contributed by atoms with Crippen LogP contribution < -0.4 is 10.6 Å². The van der Waals surface area contributed by atoms with Crippen molar-refractivity contribution >= 4 is 6.03 Å². The molecule has 0 aromatic heterocycles. The number of carbonyl (C=O) groups is 1. The Morgan fingerprint density at radius 1 is 1.08 bits per heavy atom. The number of rotatable bonds is 5. The third kappa shape index (κ3) is 4.42. The summed E-state index contributed by atoms with van der Waals surface area (Å²) in [6, 6.07) is 1.68. The SMILES string of the molecule is CN1C2CCCC1CC(NC(=O)NC(CCO)C1CCCCC1)C2. The van der Waals surface area contributed by atoms with Gasteiger partial charge >= 0.3 is 6.03 Å². The zero-order valence-corrected chi connectivity index (χ0v) is 15.2. The summed E-state index contributed by atoms with van der Waals surface area (Å²) < 4.78 is 0. The molecule has 2 aliphatic heterocycles. The summed E-state index contributed by atoms with van der Waals surface area (Å²) >= 11 is 0. The van der Waals surface area contributed by atoms with Crippen molar-refractivity contribution in [3.8, 4) is 0 Å². The van der Waals surface area contributed by atoms with Crippen LogP contribution in [0.2, 0.25) is 0 Å². The Labute approximate surface area is 146 Å². The van der Waals surface area contributed by atoms with Crippen molar-refractivity contribution in [2.75, 3.05) is 13.7 Å². The summed E-state index contributed by atoms with van der Waals surface area (Å²) in [5.74, 6) is 0.536. The molecule has 3 aliphatic rings. The van der Waals surface area contributed by atoms with E-state index in [9.17, 15) is 9.90 Å². The van der Waals surface area contributed by atoms with Crippen molar-refractivity contribution in [2.24, 2.45) is 5.92 Å². The topological polar surface area (TPSA) is 64.6 Å². The smallest absolute Gasteiger partial charge is 0.315 e. The minimum Gasteiger partial charge on any atom is -0.396 e. The fourth-order valence-corrected chi connectivity index (χ4v) is 5.23. The Morgan fingerprint density at radius 2 is 1.75 bits per heavy atom. The maximum Gasteiger partial charge on any atom is 0.315 e. The first kappa shape index (κ1) is 18.0. The average Bonchev–Trinajstić information content (AvgIpc) is 2.56. The van der Waals surface area contributed by atoms with Crippen LogP contribution in [0.3, 0.4) is 0 Å². The van der Waals surface area contributed by atoms with E-state index < -0.39 is 0 Å². The molecule has 5 nitrogen and oxygen atoms in total. The zero-order chi connectivity index (χ0) is 16.9. The number of piperidine rings is 2. The maximum atomic E-state index is 12.5. The minimum atomic E-state index is -0.0216. The fraction of sp³-hybridized carbons (Fsp3) is 0.947. The van der Waals surface area contributed by atoms with E-state index in [0.717, 1.165) is 12.8 Å². The van der Waals surface area contributed by atoms with Crippen LogP contribution in [0, 0.1) is 5.92 Å². The van der Waals surface area contributed by atoms with Crippen LogP contribution in [0.4, 0.5) is 4.79 Å². The van der Waals surface area contributed by atoms with Gasteiger partial charge in [0, 0.05) is 30.8 Å². The monoisotopic (exact) mass is 337 g/mol. The van der Waals surface area contributed by atoms with Crippen LogP contribution in [0.25, 0.3) is 0 Å². The second-order valence-corrected chi connectivity index (χ2v) is 8.21. The molecule has 3 N–H and O–H groups in total. The molecule has 1 saturated carbocycles. The predicted molar refractivity (Wildman–Crippen MR) is 95.9 cm³/mol. The molecule has 2 amide bonds. The van der Waals surface area contributed by atoms with Gasteiger partial charge in [-0.15, -0.1) is 0 Å². The van der Waals surface area contributed by atoms with Crippen molar-refractivity contribution < 1.29 is 9.90 Å². The van der Waals surface area contributed by atoms with E-state index >= 15 is 0 Å². The molecule has 3 rings (SSSR count). The Kier molecular flexibility index (Phi) is 6.39. The zero-order valence-electron chi connectivity index (χ0n) is 15.2. The van der Waals surface area contributed by atoms with Crippen LogP contribution in [-0.4, -0.2) is 53.9 Å². The lowest BCUT2D eigenvalue weighted by Gasteiger charge is -2.47. The van der Waals surface area contributed by atoms with Crippen LogP contribution in [0.15, 0.2) is 0 Å². The molecular formula is C19H35N3O2. The van der Waals surface area contributed by atoms with Gasteiger partial charge in [0.2, 0.25) is 0 Å². The van der Waals surface area contributed by atoms with Crippen molar-refractivity contribution in [2.45, 2.75) is 94.8 Å². The Hall–Kier alpha value is -0.810. The molecule has 3 fully saturated rings. The third-order valence-electron chi connectivity index (χ3n) is 6.65. The molecule has 24 heavy (non-hydrogen) atoms. The standard InChI is InChI=1S/C19H35N3O2/c1-22-16-8-5-9-17(22)13-15(12-16)20-19(24)21-18(10-11-23)14-6-3-2-4-7-14/h14-18,23H,2-13H2,1H3,(H2,20,21,24). The molecule has 2 bridgehead atoms. The highest BCUT2D eigenvalue weighted by atomic mass is 16.3. The van der Waals surface area contributed by atoms with E-state index in [2.05, 4.69) is 22.6 Å². The fourth-order valence-electron chi connectivity index (χ4n) is 5.23. The van der Waals surface area contributed by atoms with Crippen molar-refractivity contribution in [3.63, 3.8) is 0 Å². The van der Waals surface area contributed by atoms with E-state index in [1.807, 2.05) is 0 Å². The molecule has 138 valence electrons. The van der Waals surface area contributed by atoms with E-state index in [-0.39, 0.29) is 18.7 Å². The van der Waals surface area contributed by atoms with Gasteiger partial charge in [-0.25, -0.2) is 4.79 Å². The first-order valence-corrected chi connectivity index (χ1v) is 10.1. The molecule has 0 aromatic carbocycles. The second-order valence-electron chi connectivity index (χ2n) is 8.21. The summed E-state index contributed by atoms with van der Waals surface area (Å²) in [6.07, 6.45) is 12.9. The number of amides is 2. The number of nitrogens with zero attached hydrogens (tertiary/aromatic N) is 1. The first-order valence-electron chi connectivity index (χ1n) is 10.1. The Morgan fingerprint density at radius 3 is 2.38 bits per heavy atom. The summed E-state index contributed by atoms with van der Waals surface area (Å²) in [5.41, 5.74) is 0. The third-order valence-corrected chi connectivity index (χ3v) is 6.65. The molecule has 0 aromatic rings. The van der Waals surface area contributed by atoms with E-state index in [1.54, 1.807) is 0 Å². The lowest BCUT2D eigenvalue weighted by molar-refractivity contribution is 0.0506. The van der Waals surface area contributed by atoms with Gasteiger partial charge in [0.1, 0.15) is 0 Å². The number of nitrogens with one attached hydrogen (secondary N) is 2. The molecule has 1 aliphatic carbocycles. The van der Waals surface area contributed by atoms with Crippen LogP contribution in [0.1, 0.15) is 70.6 Å². The Bertz CT molecular complexity index is 397. The highest BCUT2D eigenvalue weighted by Crippen LogP contribution is 2.32. The lowest BCUT2D eigenvalue weighted by Crippen LogP contribution is -2.57. The van der Waals surface area contributed by atoms with Gasteiger partial charge in [-0.1, -0.05) is 25.7 Å². The van der Waals surface area contributed by atoms with Gasteiger partial charge in [0.15, 0.2) is 0 Å². The molecular weight excluding hydrogens is 302 g/mol. The second kappa shape index (κ2) is 8.52. The van der Waals surface area contributed by atoms with Gasteiger partial charge in [-0.2, -0.15) is 0 Å². The first-order chi connectivity index (χ1) is 11.7. The maximum absolute atomic E-state index is 12.5. The Balaban J connectivity index is 1.50. The van der Waals surface area contributed by atoms with Crippen molar-refractivity contribution in [1.29, 1.82) is 0 Å². The summed E-state index contributed by atoms with van der Waals surface area (Å²) in [5, 5.41) is 15.8. The molecule has 5 heteroatoms. The van der Waals surface area contributed by atoms with Crippen LogP contribution in [0.5, 0.6) is 0 Å². The molecule has 0 radical (unpaired) electrons. The quantitative estimate of drug-likeness (QED) is 0.722. The molecule has 2 heterocycles.